The van der Waals surface area contributed by atoms with Crippen LogP contribution < -0.4 is 0 Å². The Morgan fingerprint density at radius 1 is 0.524 bits per heavy atom. The van der Waals surface area contributed by atoms with E-state index < -0.39 is 0 Å². The highest BCUT2D eigenvalue weighted by Crippen LogP contribution is 2.53. The third-order valence-corrected chi connectivity index (χ3v) is 6.93. The van der Waals surface area contributed by atoms with Gasteiger partial charge in [0.05, 0.1) is 24.4 Å². The predicted molar refractivity (Wildman–Crippen MR) is 80.8 cm³/mol. The summed E-state index contributed by atoms with van der Waals surface area (Å²) in [6, 6.07) is 0. The number of hydrogen-bond donors (Lipinski definition) is 2. The van der Waals surface area contributed by atoms with Gasteiger partial charge in [0.2, 0.25) is 0 Å². The highest BCUT2D eigenvalue weighted by Gasteiger charge is 2.56. The lowest BCUT2D eigenvalue weighted by molar-refractivity contribution is 0.0656. The molecule has 0 aromatic carbocycles. The molecule has 4 unspecified atom stereocenters. The van der Waals surface area contributed by atoms with Crippen molar-refractivity contribution in [2.45, 2.75) is 88.6 Å². The summed E-state index contributed by atoms with van der Waals surface area (Å²) >= 11 is 0. The molecular weight excluding hydrogens is 264 g/mol. The molecule has 0 bridgehead atoms. The molecule has 0 aromatic heterocycles. The third kappa shape index (κ3) is 2.89. The fraction of sp³-hybridized carbons (Fsp3) is 1.00. The van der Waals surface area contributed by atoms with Gasteiger partial charge in [-0.2, -0.15) is 0 Å². The van der Waals surface area contributed by atoms with Crippen LogP contribution in [0, 0.1) is 23.7 Å². The average Bonchev–Trinajstić information content (AvgIpc) is 3.29. The van der Waals surface area contributed by atoms with Gasteiger partial charge >= 0.3 is 0 Å². The molecule has 4 fully saturated rings. The first-order valence-corrected chi connectivity index (χ1v) is 9.24. The van der Waals surface area contributed by atoms with E-state index in [1.807, 2.05) is 0 Å². The van der Waals surface area contributed by atoms with E-state index in [4.69, 9.17) is 4.74 Å². The van der Waals surface area contributed by atoms with E-state index in [-0.39, 0.29) is 12.2 Å². The van der Waals surface area contributed by atoms with Crippen molar-refractivity contribution < 1.29 is 14.9 Å². The Balaban J connectivity index is 1.32. The minimum atomic E-state index is -0.0397. The summed E-state index contributed by atoms with van der Waals surface area (Å²) in [4.78, 5) is 0. The van der Waals surface area contributed by atoms with Crippen LogP contribution in [0.2, 0.25) is 0 Å². The predicted octanol–water partition coefficient (Wildman–Crippen LogP) is 2.88. The van der Waals surface area contributed by atoms with E-state index in [0.29, 0.717) is 12.2 Å². The molecule has 0 amide bonds. The van der Waals surface area contributed by atoms with Crippen molar-refractivity contribution in [3.05, 3.63) is 0 Å². The van der Waals surface area contributed by atoms with Crippen LogP contribution in [0.5, 0.6) is 0 Å². The average molecular weight is 294 g/mol. The monoisotopic (exact) mass is 294 g/mol. The number of rotatable bonds is 2. The highest BCUT2D eigenvalue weighted by atomic mass is 16.6. The molecule has 1 saturated heterocycles. The SMILES string of the molecule is OC1CCC(C2CCC(C3CCC(O)CC3)C3OC23)CC1. The zero-order valence-corrected chi connectivity index (χ0v) is 13.0. The van der Waals surface area contributed by atoms with Crippen LogP contribution in [0.25, 0.3) is 0 Å². The van der Waals surface area contributed by atoms with E-state index in [9.17, 15) is 10.2 Å². The summed E-state index contributed by atoms with van der Waals surface area (Å²) in [6.07, 6.45) is 12.5. The minimum Gasteiger partial charge on any atom is -0.393 e. The number of aliphatic hydroxyl groups is 2. The van der Waals surface area contributed by atoms with Crippen molar-refractivity contribution in [1.82, 2.24) is 0 Å². The smallest absolute Gasteiger partial charge is 0.0875 e. The van der Waals surface area contributed by atoms with Crippen LogP contribution in [0.3, 0.4) is 0 Å². The molecule has 0 radical (unpaired) electrons. The van der Waals surface area contributed by atoms with Crippen molar-refractivity contribution in [3.8, 4) is 0 Å². The number of fused-ring (bicyclic) bond motifs is 1. The number of ether oxygens (including phenoxy) is 1. The Morgan fingerprint density at radius 3 is 1.29 bits per heavy atom. The minimum absolute atomic E-state index is 0.0397. The standard InChI is InChI=1S/C18H30O3/c19-13-5-1-11(2-6-13)15-9-10-16(18-17(15)21-18)12-3-7-14(20)8-4-12/h11-20H,1-10H2. The molecule has 0 spiro atoms. The number of aliphatic hydroxyl groups excluding tert-OH is 2. The van der Waals surface area contributed by atoms with Gasteiger partial charge in [0.25, 0.3) is 0 Å². The van der Waals surface area contributed by atoms with Crippen molar-refractivity contribution in [1.29, 1.82) is 0 Å². The van der Waals surface area contributed by atoms with Gasteiger partial charge in [0.15, 0.2) is 0 Å². The van der Waals surface area contributed by atoms with Gasteiger partial charge in [-0.25, -0.2) is 0 Å². The van der Waals surface area contributed by atoms with E-state index in [0.717, 1.165) is 49.4 Å². The largest absolute Gasteiger partial charge is 0.393 e. The van der Waals surface area contributed by atoms with Crippen LogP contribution in [0.15, 0.2) is 0 Å². The second-order valence-electron chi connectivity index (χ2n) is 8.11. The lowest BCUT2D eigenvalue weighted by atomic mass is 9.66. The molecule has 3 aliphatic carbocycles. The van der Waals surface area contributed by atoms with Crippen LogP contribution in [-0.4, -0.2) is 34.6 Å². The summed E-state index contributed by atoms with van der Waals surface area (Å²) in [5.74, 6) is 3.15. The maximum Gasteiger partial charge on any atom is 0.0875 e. The fourth-order valence-corrected chi connectivity index (χ4v) is 5.61. The van der Waals surface area contributed by atoms with Gasteiger partial charge in [-0.05, 0) is 87.9 Å². The van der Waals surface area contributed by atoms with Crippen LogP contribution in [0.1, 0.15) is 64.2 Å². The first-order chi connectivity index (χ1) is 10.2. The van der Waals surface area contributed by atoms with Crippen LogP contribution >= 0.6 is 0 Å². The topological polar surface area (TPSA) is 53.0 Å². The summed E-state index contributed by atoms with van der Waals surface area (Å²) < 4.78 is 6.14. The van der Waals surface area contributed by atoms with E-state index in [2.05, 4.69) is 0 Å². The molecule has 3 saturated carbocycles. The Morgan fingerprint density at radius 2 is 0.905 bits per heavy atom. The maximum atomic E-state index is 9.68. The molecule has 3 heteroatoms. The molecule has 4 aliphatic rings. The second kappa shape index (κ2) is 5.82. The Bertz CT molecular complexity index is 321. The Kier molecular flexibility index (Phi) is 4.01. The van der Waals surface area contributed by atoms with Crippen molar-refractivity contribution in [2.75, 3.05) is 0 Å². The molecule has 1 heterocycles. The van der Waals surface area contributed by atoms with Crippen LogP contribution in [0.4, 0.5) is 0 Å². The fourth-order valence-electron chi connectivity index (χ4n) is 5.61. The van der Waals surface area contributed by atoms with Crippen molar-refractivity contribution >= 4 is 0 Å². The first kappa shape index (κ1) is 14.5. The lowest BCUT2D eigenvalue weighted by Gasteiger charge is -2.38. The molecule has 3 nitrogen and oxygen atoms in total. The van der Waals surface area contributed by atoms with Gasteiger partial charge in [-0.3, -0.25) is 0 Å². The Labute approximate surface area is 128 Å². The van der Waals surface area contributed by atoms with Crippen LogP contribution in [-0.2, 0) is 4.74 Å². The normalized spacial score (nSPS) is 54.0. The zero-order chi connectivity index (χ0) is 14.4. The molecular formula is C18H30O3. The van der Waals surface area contributed by atoms with E-state index in [1.54, 1.807) is 0 Å². The number of epoxide rings is 1. The second-order valence-corrected chi connectivity index (χ2v) is 8.11. The summed E-state index contributed by atoms with van der Waals surface area (Å²) in [5.41, 5.74) is 0. The van der Waals surface area contributed by atoms with Crippen molar-refractivity contribution in [3.63, 3.8) is 0 Å². The molecule has 21 heavy (non-hydrogen) atoms. The van der Waals surface area contributed by atoms with Gasteiger partial charge in [-0.15, -0.1) is 0 Å². The lowest BCUT2D eigenvalue weighted by Crippen LogP contribution is -2.36. The third-order valence-electron chi connectivity index (χ3n) is 6.93. The van der Waals surface area contributed by atoms with Gasteiger partial charge in [-0.1, -0.05) is 0 Å². The first-order valence-electron chi connectivity index (χ1n) is 9.24. The Hall–Kier alpha value is -0.120. The van der Waals surface area contributed by atoms with Gasteiger partial charge in [0.1, 0.15) is 0 Å². The molecule has 4 atom stereocenters. The molecule has 1 aliphatic heterocycles. The molecule has 120 valence electrons. The zero-order valence-electron chi connectivity index (χ0n) is 13.0. The molecule has 4 rings (SSSR count). The molecule has 0 aromatic rings. The quantitative estimate of drug-likeness (QED) is 0.770. The van der Waals surface area contributed by atoms with Gasteiger partial charge < -0.3 is 14.9 Å². The summed E-state index contributed by atoms with van der Waals surface area (Å²) in [6.45, 7) is 0. The van der Waals surface area contributed by atoms with E-state index in [1.165, 1.54) is 38.5 Å². The maximum absolute atomic E-state index is 9.68. The van der Waals surface area contributed by atoms with E-state index >= 15 is 0 Å². The van der Waals surface area contributed by atoms with Crippen molar-refractivity contribution in [2.24, 2.45) is 23.7 Å². The molecule has 2 N–H and O–H groups in total. The number of hydrogen-bond acceptors (Lipinski definition) is 3. The van der Waals surface area contributed by atoms with Gasteiger partial charge in [0, 0.05) is 0 Å². The summed E-state index contributed by atoms with van der Waals surface area (Å²) in [7, 11) is 0. The highest BCUT2D eigenvalue weighted by molar-refractivity contribution is 5.03. The summed E-state index contributed by atoms with van der Waals surface area (Å²) in [5, 5.41) is 19.4.